The molecule has 0 bridgehead atoms. The Kier molecular flexibility index (Phi) is 3.93. The fraction of sp³-hybridized carbons (Fsp3) is 0.455. The van der Waals surface area contributed by atoms with Crippen molar-refractivity contribution in [2.45, 2.75) is 29.8 Å². The molecule has 0 saturated carbocycles. The maximum Gasteiger partial charge on any atom is 0.343 e. The lowest BCUT2D eigenvalue weighted by molar-refractivity contribution is 0.473. The fourth-order valence-corrected chi connectivity index (χ4v) is 2.76. The van der Waals surface area contributed by atoms with Gasteiger partial charge in [-0.1, -0.05) is 18.7 Å². The highest BCUT2D eigenvalue weighted by atomic mass is 32.2. The van der Waals surface area contributed by atoms with Crippen LogP contribution >= 0.6 is 11.8 Å². The molecule has 0 radical (unpaired) electrons. The Labute approximate surface area is 109 Å². The first-order valence-electron chi connectivity index (χ1n) is 5.70. The van der Waals surface area contributed by atoms with Crippen LogP contribution in [0.1, 0.15) is 24.4 Å². The molecule has 2 atom stereocenters. The third-order valence-corrected chi connectivity index (χ3v) is 4.17. The van der Waals surface area contributed by atoms with Crippen LogP contribution in [0.25, 0.3) is 0 Å². The molecule has 0 aliphatic rings. The molecule has 0 saturated heterocycles. The smallest absolute Gasteiger partial charge is 0.343 e. The van der Waals surface area contributed by atoms with Crippen LogP contribution in [-0.2, 0) is 7.05 Å². The van der Waals surface area contributed by atoms with Crippen molar-refractivity contribution in [1.29, 1.82) is 0 Å². The van der Waals surface area contributed by atoms with Crippen molar-refractivity contribution in [2.75, 3.05) is 0 Å². The zero-order valence-corrected chi connectivity index (χ0v) is 11.1. The highest BCUT2D eigenvalue weighted by Gasteiger charge is 2.24. The van der Waals surface area contributed by atoms with Crippen molar-refractivity contribution in [3.63, 3.8) is 0 Å². The van der Waals surface area contributed by atoms with Gasteiger partial charge < -0.3 is 10.2 Å². The van der Waals surface area contributed by atoms with Gasteiger partial charge in [0.05, 0.1) is 11.5 Å². The predicted molar refractivity (Wildman–Crippen MR) is 69.4 cm³/mol. The van der Waals surface area contributed by atoms with E-state index in [1.807, 2.05) is 19.1 Å². The normalized spacial score (nSPS) is 14.6. The summed E-state index contributed by atoms with van der Waals surface area (Å²) in [7, 11) is 1.67. The molecule has 7 heteroatoms. The number of hydrogen-bond acceptors (Lipinski definition) is 5. The van der Waals surface area contributed by atoms with Crippen molar-refractivity contribution >= 4 is 11.8 Å². The first kappa shape index (κ1) is 13.0. The molecule has 0 spiro atoms. The molecule has 2 aromatic rings. The molecule has 2 unspecified atom stereocenters. The van der Waals surface area contributed by atoms with Gasteiger partial charge in [-0.25, -0.2) is 9.89 Å². The van der Waals surface area contributed by atoms with Crippen LogP contribution in [0.4, 0.5) is 0 Å². The Morgan fingerprint density at radius 2 is 2.44 bits per heavy atom. The van der Waals surface area contributed by atoms with Crippen molar-refractivity contribution in [3.8, 4) is 0 Å². The molecule has 0 aliphatic heterocycles. The number of rotatable bonds is 5. The number of nitrogens with one attached hydrogen (secondary N) is 1. The number of furan rings is 1. The van der Waals surface area contributed by atoms with E-state index in [-0.39, 0.29) is 17.0 Å². The molecule has 2 aromatic heterocycles. The average molecular weight is 268 g/mol. The highest BCUT2D eigenvalue weighted by molar-refractivity contribution is 7.99. The van der Waals surface area contributed by atoms with E-state index in [1.165, 1.54) is 16.3 Å². The molecule has 0 fully saturated rings. The highest BCUT2D eigenvalue weighted by Crippen LogP contribution is 2.36. The summed E-state index contributed by atoms with van der Waals surface area (Å²) in [6.07, 6.45) is 2.44. The SMILES string of the molecule is CCC(N)C(Sc1n[nH]c(=O)n1C)c1ccco1. The van der Waals surface area contributed by atoms with Gasteiger partial charge in [0.2, 0.25) is 0 Å². The molecule has 0 aliphatic carbocycles. The fourth-order valence-electron chi connectivity index (χ4n) is 1.58. The molecule has 18 heavy (non-hydrogen) atoms. The summed E-state index contributed by atoms with van der Waals surface area (Å²) in [6.45, 7) is 2.02. The Morgan fingerprint density at radius 1 is 1.67 bits per heavy atom. The summed E-state index contributed by atoms with van der Waals surface area (Å²) in [5.41, 5.74) is 5.87. The van der Waals surface area contributed by atoms with Crippen molar-refractivity contribution in [3.05, 3.63) is 34.6 Å². The monoisotopic (exact) mass is 268 g/mol. The van der Waals surface area contributed by atoms with E-state index in [0.717, 1.165) is 12.2 Å². The van der Waals surface area contributed by atoms with Gasteiger partial charge in [0, 0.05) is 13.1 Å². The summed E-state index contributed by atoms with van der Waals surface area (Å²) in [6, 6.07) is 3.65. The van der Waals surface area contributed by atoms with Crippen LogP contribution in [0.3, 0.4) is 0 Å². The Morgan fingerprint density at radius 3 is 2.94 bits per heavy atom. The lowest BCUT2D eigenvalue weighted by Crippen LogP contribution is -2.26. The molecular formula is C11H16N4O2S. The van der Waals surface area contributed by atoms with Gasteiger partial charge in [0.25, 0.3) is 0 Å². The zero-order chi connectivity index (χ0) is 13.1. The zero-order valence-electron chi connectivity index (χ0n) is 10.3. The minimum atomic E-state index is -0.235. The van der Waals surface area contributed by atoms with E-state index in [2.05, 4.69) is 10.2 Å². The second kappa shape index (κ2) is 5.45. The van der Waals surface area contributed by atoms with E-state index in [4.69, 9.17) is 10.2 Å². The molecule has 2 rings (SSSR count). The molecule has 2 heterocycles. The number of H-pyrrole nitrogens is 1. The van der Waals surface area contributed by atoms with E-state index >= 15 is 0 Å². The number of aromatic amines is 1. The first-order chi connectivity index (χ1) is 8.63. The number of thioether (sulfide) groups is 1. The standard InChI is InChI=1S/C11H16N4O2S/c1-3-7(12)9(8-5-4-6-17-8)18-11-14-13-10(16)15(11)2/h4-7,9H,3,12H2,1-2H3,(H,13,16). The van der Waals surface area contributed by atoms with Gasteiger partial charge in [-0.2, -0.15) is 0 Å². The third-order valence-electron chi connectivity index (χ3n) is 2.76. The molecule has 98 valence electrons. The van der Waals surface area contributed by atoms with E-state index < -0.39 is 0 Å². The van der Waals surface area contributed by atoms with Crippen molar-refractivity contribution < 1.29 is 4.42 Å². The summed E-state index contributed by atoms with van der Waals surface area (Å²) >= 11 is 1.43. The third kappa shape index (κ3) is 2.51. The van der Waals surface area contributed by atoms with Gasteiger partial charge in [-0.05, 0) is 18.6 Å². The molecule has 0 aromatic carbocycles. The summed E-state index contributed by atoms with van der Waals surface area (Å²) < 4.78 is 6.87. The average Bonchev–Trinajstić information content (AvgIpc) is 2.99. The Hall–Kier alpha value is -1.47. The molecule has 0 amide bonds. The van der Waals surface area contributed by atoms with Gasteiger partial charge in [0.1, 0.15) is 5.76 Å². The van der Waals surface area contributed by atoms with Gasteiger partial charge in [-0.3, -0.25) is 4.57 Å². The van der Waals surface area contributed by atoms with Gasteiger partial charge in [-0.15, -0.1) is 5.10 Å². The number of aromatic nitrogens is 3. The maximum absolute atomic E-state index is 11.3. The quantitative estimate of drug-likeness (QED) is 0.797. The van der Waals surface area contributed by atoms with Crippen LogP contribution < -0.4 is 11.4 Å². The largest absolute Gasteiger partial charge is 0.468 e. The lowest BCUT2D eigenvalue weighted by Gasteiger charge is -2.19. The minimum absolute atomic E-state index is 0.0566. The van der Waals surface area contributed by atoms with E-state index in [1.54, 1.807) is 13.3 Å². The van der Waals surface area contributed by atoms with E-state index in [0.29, 0.717) is 5.16 Å². The predicted octanol–water partition coefficient (Wildman–Crippen LogP) is 1.27. The number of nitrogens with two attached hydrogens (primary N) is 1. The number of hydrogen-bond donors (Lipinski definition) is 2. The Balaban J connectivity index is 2.26. The lowest BCUT2D eigenvalue weighted by atomic mass is 10.1. The number of nitrogens with zero attached hydrogens (tertiary/aromatic N) is 2. The van der Waals surface area contributed by atoms with E-state index in [9.17, 15) is 4.79 Å². The van der Waals surface area contributed by atoms with Gasteiger partial charge >= 0.3 is 5.69 Å². The van der Waals surface area contributed by atoms with Crippen LogP contribution in [-0.4, -0.2) is 20.8 Å². The minimum Gasteiger partial charge on any atom is -0.468 e. The topological polar surface area (TPSA) is 89.8 Å². The first-order valence-corrected chi connectivity index (χ1v) is 6.58. The molecule has 6 nitrogen and oxygen atoms in total. The van der Waals surface area contributed by atoms with Gasteiger partial charge in [0.15, 0.2) is 5.16 Å². The summed E-state index contributed by atoms with van der Waals surface area (Å²) in [4.78, 5) is 11.3. The second-order valence-corrected chi connectivity index (χ2v) is 5.11. The molecule has 3 N–H and O–H groups in total. The summed E-state index contributed by atoms with van der Waals surface area (Å²) in [5, 5.41) is 6.93. The molecular weight excluding hydrogens is 252 g/mol. The Bertz CT molecular complexity index is 546. The van der Waals surface area contributed by atoms with Crippen molar-refractivity contribution in [2.24, 2.45) is 12.8 Å². The van der Waals surface area contributed by atoms with Crippen LogP contribution in [0.2, 0.25) is 0 Å². The summed E-state index contributed by atoms with van der Waals surface area (Å²) in [5.74, 6) is 0.796. The maximum atomic E-state index is 11.3. The van der Waals surface area contributed by atoms with Crippen LogP contribution in [0, 0.1) is 0 Å². The second-order valence-electron chi connectivity index (χ2n) is 4.00. The van der Waals surface area contributed by atoms with Crippen LogP contribution in [0.15, 0.2) is 32.8 Å². The van der Waals surface area contributed by atoms with Crippen LogP contribution in [0.5, 0.6) is 0 Å². The van der Waals surface area contributed by atoms with Crippen molar-refractivity contribution in [1.82, 2.24) is 14.8 Å².